The number of rotatable bonds is 9. The average molecular weight is 290 g/mol. The van der Waals surface area contributed by atoms with E-state index in [1.165, 1.54) is 14.0 Å². The minimum atomic E-state index is -0.735. The van der Waals surface area contributed by atoms with Crippen LogP contribution in [0.4, 0.5) is 0 Å². The standard InChI is InChI=1S/C17H22O4/c1-4-8-14(13(2)18)11-12-21-17(19)16(20-3)15-9-6-5-7-10-15/h4-7,9-10,14,16H,1,8,11-12H2,2-3H3. The molecule has 0 aliphatic carbocycles. The summed E-state index contributed by atoms with van der Waals surface area (Å²) < 4.78 is 10.4. The van der Waals surface area contributed by atoms with Gasteiger partial charge in [-0.2, -0.15) is 0 Å². The van der Waals surface area contributed by atoms with Gasteiger partial charge in [0.25, 0.3) is 0 Å². The summed E-state index contributed by atoms with van der Waals surface area (Å²) in [5.74, 6) is -0.505. The molecule has 1 rings (SSSR count). The fourth-order valence-corrected chi connectivity index (χ4v) is 2.06. The largest absolute Gasteiger partial charge is 0.463 e. The molecule has 0 bridgehead atoms. The van der Waals surface area contributed by atoms with Crippen molar-refractivity contribution in [2.24, 2.45) is 5.92 Å². The van der Waals surface area contributed by atoms with Crippen LogP contribution in [-0.2, 0) is 19.1 Å². The van der Waals surface area contributed by atoms with Crippen LogP contribution in [0, 0.1) is 5.92 Å². The van der Waals surface area contributed by atoms with Gasteiger partial charge in [-0.1, -0.05) is 36.4 Å². The van der Waals surface area contributed by atoms with E-state index in [-0.39, 0.29) is 18.3 Å². The van der Waals surface area contributed by atoms with E-state index in [4.69, 9.17) is 9.47 Å². The zero-order valence-electron chi connectivity index (χ0n) is 12.6. The van der Waals surface area contributed by atoms with Crippen molar-refractivity contribution in [1.29, 1.82) is 0 Å². The molecule has 21 heavy (non-hydrogen) atoms. The molecule has 0 aliphatic rings. The summed E-state index contributed by atoms with van der Waals surface area (Å²) in [5.41, 5.74) is 0.749. The van der Waals surface area contributed by atoms with Gasteiger partial charge in [-0.3, -0.25) is 4.79 Å². The van der Waals surface area contributed by atoms with E-state index in [9.17, 15) is 9.59 Å². The van der Waals surface area contributed by atoms with E-state index in [1.807, 2.05) is 30.3 Å². The first kappa shape index (κ1) is 17.1. The normalized spacial score (nSPS) is 13.2. The molecular formula is C17H22O4. The number of Topliss-reactive ketones (excluding diaryl/α,β-unsaturated/α-hetero) is 1. The molecule has 1 aromatic carbocycles. The third-order valence-electron chi connectivity index (χ3n) is 3.29. The fourth-order valence-electron chi connectivity index (χ4n) is 2.06. The molecule has 0 heterocycles. The van der Waals surface area contributed by atoms with Crippen molar-refractivity contribution < 1.29 is 19.1 Å². The highest BCUT2D eigenvalue weighted by Crippen LogP contribution is 2.18. The van der Waals surface area contributed by atoms with Crippen LogP contribution in [0.3, 0.4) is 0 Å². The lowest BCUT2D eigenvalue weighted by atomic mass is 9.98. The van der Waals surface area contributed by atoms with Crippen molar-refractivity contribution in [1.82, 2.24) is 0 Å². The molecular weight excluding hydrogens is 268 g/mol. The highest BCUT2D eigenvalue weighted by molar-refractivity contribution is 5.78. The molecule has 0 fully saturated rings. The molecule has 2 atom stereocenters. The van der Waals surface area contributed by atoms with E-state index in [2.05, 4.69) is 6.58 Å². The highest BCUT2D eigenvalue weighted by atomic mass is 16.6. The Labute approximate surface area is 125 Å². The number of esters is 1. The second kappa shape index (κ2) is 9.08. The minimum absolute atomic E-state index is 0.0808. The van der Waals surface area contributed by atoms with Crippen molar-refractivity contribution in [3.8, 4) is 0 Å². The quantitative estimate of drug-likeness (QED) is 0.518. The molecule has 0 radical (unpaired) electrons. The minimum Gasteiger partial charge on any atom is -0.463 e. The summed E-state index contributed by atoms with van der Waals surface area (Å²) in [6.45, 7) is 5.36. The number of allylic oxidation sites excluding steroid dienone is 1. The van der Waals surface area contributed by atoms with Crippen LogP contribution >= 0.6 is 0 Å². The maximum atomic E-state index is 12.0. The Kier molecular flexibility index (Phi) is 7.40. The van der Waals surface area contributed by atoms with Gasteiger partial charge in [0.05, 0.1) is 6.61 Å². The molecule has 0 aliphatic heterocycles. The summed E-state index contributed by atoms with van der Waals surface area (Å²) >= 11 is 0. The number of methoxy groups -OCH3 is 1. The van der Waals surface area contributed by atoms with Crippen LogP contribution in [0.1, 0.15) is 31.4 Å². The molecule has 0 aromatic heterocycles. The van der Waals surface area contributed by atoms with Gasteiger partial charge in [-0.25, -0.2) is 4.79 Å². The first-order valence-electron chi connectivity index (χ1n) is 6.95. The third-order valence-corrected chi connectivity index (χ3v) is 3.29. The molecule has 2 unspecified atom stereocenters. The van der Waals surface area contributed by atoms with Crippen LogP contribution < -0.4 is 0 Å². The van der Waals surface area contributed by atoms with Gasteiger partial charge in [0.1, 0.15) is 5.78 Å². The van der Waals surface area contributed by atoms with Gasteiger partial charge < -0.3 is 9.47 Å². The molecule has 4 nitrogen and oxygen atoms in total. The molecule has 4 heteroatoms. The summed E-state index contributed by atoms with van der Waals surface area (Å²) in [7, 11) is 1.47. The predicted octanol–water partition coefficient (Wildman–Crippen LogP) is 3.09. The Morgan fingerprint density at radius 2 is 1.95 bits per heavy atom. The van der Waals surface area contributed by atoms with E-state index in [0.717, 1.165) is 5.56 Å². The van der Waals surface area contributed by atoms with E-state index >= 15 is 0 Å². The zero-order chi connectivity index (χ0) is 15.7. The number of ketones is 1. The Bertz CT molecular complexity index is 467. The second-order valence-electron chi connectivity index (χ2n) is 4.81. The Morgan fingerprint density at radius 3 is 2.48 bits per heavy atom. The number of carbonyl (C=O) groups is 2. The number of benzene rings is 1. The maximum Gasteiger partial charge on any atom is 0.339 e. The summed E-state index contributed by atoms with van der Waals surface area (Å²) in [6, 6.07) is 9.17. The first-order valence-corrected chi connectivity index (χ1v) is 6.95. The zero-order valence-corrected chi connectivity index (χ0v) is 12.6. The molecule has 0 N–H and O–H groups in total. The molecule has 0 spiro atoms. The van der Waals surface area contributed by atoms with Gasteiger partial charge in [-0.15, -0.1) is 6.58 Å². The maximum absolute atomic E-state index is 12.0. The van der Waals surface area contributed by atoms with Crippen molar-refractivity contribution in [2.75, 3.05) is 13.7 Å². The van der Waals surface area contributed by atoms with E-state index < -0.39 is 12.1 Å². The predicted molar refractivity (Wildman–Crippen MR) is 80.8 cm³/mol. The van der Waals surface area contributed by atoms with Crippen molar-refractivity contribution in [3.63, 3.8) is 0 Å². The van der Waals surface area contributed by atoms with Crippen LogP contribution in [0.2, 0.25) is 0 Å². The van der Waals surface area contributed by atoms with Gasteiger partial charge in [0.2, 0.25) is 0 Å². The van der Waals surface area contributed by atoms with Gasteiger partial charge in [-0.05, 0) is 25.3 Å². The van der Waals surface area contributed by atoms with Crippen molar-refractivity contribution >= 4 is 11.8 Å². The van der Waals surface area contributed by atoms with E-state index in [1.54, 1.807) is 6.08 Å². The van der Waals surface area contributed by atoms with Crippen molar-refractivity contribution in [3.05, 3.63) is 48.6 Å². The van der Waals surface area contributed by atoms with Crippen LogP contribution in [0.5, 0.6) is 0 Å². The molecule has 0 saturated carbocycles. The number of hydrogen-bond donors (Lipinski definition) is 0. The molecule has 0 saturated heterocycles. The third kappa shape index (κ3) is 5.52. The SMILES string of the molecule is C=CCC(CCOC(=O)C(OC)c1ccccc1)C(C)=O. The Hall–Kier alpha value is -1.94. The lowest BCUT2D eigenvalue weighted by Gasteiger charge is -2.16. The fraction of sp³-hybridized carbons (Fsp3) is 0.412. The number of ether oxygens (including phenoxy) is 2. The van der Waals surface area contributed by atoms with Crippen LogP contribution in [-0.4, -0.2) is 25.5 Å². The average Bonchev–Trinajstić information content (AvgIpc) is 2.48. The smallest absolute Gasteiger partial charge is 0.339 e. The topological polar surface area (TPSA) is 52.6 Å². The van der Waals surface area contributed by atoms with E-state index in [0.29, 0.717) is 12.8 Å². The Balaban J connectivity index is 2.52. The molecule has 0 amide bonds. The lowest BCUT2D eigenvalue weighted by Crippen LogP contribution is -2.20. The van der Waals surface area contributed by atoms with Gasteiger partial charge in [0, 0.05) is 13.0 Å². The summed E-state index contributed by atoms with van der Waals surface area (Å²) in [6.07, 6.45) is 2.06. The Morgan fingerprint density at radius 1 is 1.29 bits per heavy atom. The summed E-state index contributed by atoms with van der Waals surface area (Å²) in [5, 5.41) is 0. The number of hydrogen-bond acceptors (Lipinski definition) is 4. The van der Waals surface area contributed by atoms with Gasteiger partial charge in [0.15, 0.2) is 6.10 Å². The monoisotopic (exact) mass is 290 g/mol. The highest BCUT2D eigenvalue weighted by Gasteiger charge is 2.22. The van der Waals surface area contributed by atoms with Crippen LogP contribution in [0.15, 0.2) is 43.0 Å². The molecule has 114 valence electrons. The van der Waals surface area contributed by atoms with Gasteiger partial charge >= 0.3 is 5.97 Å². The second-order valence-corrected chi connectivity index (χ2v) is 4.81. The van der Waals surface area contributed by atoms with Crippen LogP contribution in [0.25, 0.3) is 0 Å². The van der Waals surface area contributed by atoms with Crippen molar-refractivity contribution in [2.45, 2.75) is 25.9 Å². The lowest BCUT2D eigenvalue weighted by molar-refractivity contribution is -0.156. The summed E-state index contributed by atoms with van der Waals surface area (Å²) in [4.78, 5) is 23.4. The first-order chi connectivity index (χ1) is 10.1. The molecule has 1 aromatic rings. The number of carbonyl (C=O) groups excluding carboxylic acids is 2.